The minimum Gasteiger partial charge on any atom is -0.357 e. The molecule has 0 N–H and O–H groups in total. The zero-order valence-electron chi connectivity index (χ0n) is 14.8. The Kier molecular flexibility index (Phi) is 4.43. The van der Waals surface area contributed by atoms with Crippen LogP contribution in [0.2, 0.25) is 0 Å². The molecule has 0 saturated carbocycles. The molecule has 0 bridgehead atoms. The maximum absolute atomic E-state index is 12.9. The minimum atomic E-state index is 0.0739. The van der Waals surface area contributed by atoms with Gasteiger partial charge in [-0.05, 0) is 55.4 Å². The molecular formula is C21H25N3O. The van der Waals surface area contributed by atoms with Crippen LogP contribution >= 0.6 is 0 Å². The number of hydrogen-bond acceptors (Lipinski definition) is 3. The fourth-order valence-electron chi connectivity index (χ4n) is 4.02. The van der Waals surface area contributed by atoms with Crippen molar-refractivity contribution in [3.8, 4) is 0 Å². The Morgan fingerprint density at radius 3 is 2.60 bits per heavy atom. The van der Waals surface area contributed by atoms with Crippen LogP contribution in [0, 0.1) is 0 Å². The van der Waals surface area contributed by atoms with Crippen molar-refractivity contribution in [3.63, 3.8) is 0 Å². The highest BCUT2D eigenvalue weighted by Gasteiger charge is 2.26. The van der Waals surface area contributed by atoms with Crippen LogP contribution < -0.4 is 4.90 Å². The van der Waals surface area contributed by atoms with E-state index in [1.807, 2.05) is 24.1 Å². The SMILES string of the molecule is CN(C(=O)c1ccc(N2CCCC2)nc1)[C@@H]1CCc2ccccc2C1. The van der Waals surface area contributed by atoms with Crippen molar-refractivity contribution < 1.29 is 4.79 Å². The van der Waals surface area contributed by atoms with Crippen molar-refractivity contribution in [2.75, 3.05) is 25.0 Å². The average molecular weight is 335 g/mol. The molecule has 25 heavy (non-hydrogen) atoms. The topological polar surface area (TPSA) is 36.4 Å². The summed E-state index contributed by atoms with van der Waals surface area (Å²) in [7, 11) is 1.93. The van der Waals surface area contributed by atoms with E-state index in [9.17, 15) is 4.79 Å². The first kappa shape index (κ1) is 16.1. The summed E-state index contributed by atoms with van der Waals surface area (Å²) >= 11 is 0. The van der Waals surface area contributed by atoms with Crippen molar-refractivity contribution in [1.29, 1.82) is 0 Å². The molecule has 1 aliphatic heterocycles. The third-order valence-electron chi connectivity index (χ3n) is 5.61. The number of anilines is 1. The molecule has 1 aromatic heterocycles. The zero-order chi connectivity index (χ0) is 17.2. The first-order valence-electron chi connectivity index (χ1n) is 9.27. The lowest BCUT2D eigenvalue weighted by molar-refractivity contribution is 0.0718. The van der Waals surface area contributed by atoms with Gasteiger partial charge in [0.1, 0.15) is 5.82 Å². The summed E-state index contributed by atoms with van der Waals surface area (Å²) in [6.45, 7) is 2.14. The summed E-state index contributed by atoms with van der Waals surface area (Å²) in [4.78, 5) is 21.6. The molecule has 130 valence electrons. The van der Waals surface area contributed by atoms with Crippen LogP contribution in [0.3, 0.4) is 0 Å². The summed E-state index contributed by atoms with van der Waals surface area (Å²) < 4.78 is 0. The summed E-state index contributed by atoms with van der Waals surface area (Å²) in [5, 5.41) is 0. The number of nitrogens with zero attached hydrogens (tertiary/aromatic N) is 3. The number of likely N-dealkylation sites (N-methyl/N-ethyl adjacent to an activating group) is 1. The predicted octanol–water partition coefficient (Wildman–Crippen LogP) is 3.31. The predicted molar refractivity (Wildman–Crippen MR) is 100 cm³/mol. The van der Waals surface area contributed by atoms with Crippen LogP contribution in [0.15, 0.2) is 42.6 Å². The Bertz CT molecular complexity index is 750. The summed E-state index contributed by atoms with van der Waals surface area (Å²) in [6, 6.07) is 12.8. The van der Waals surface area contributed by atoms with Gasteiger partial charge in [0.2, 0.25) is 0 Å². The van der Waals surface area contributed by atoms with Gasteiger partial charge in [-0.1, -0.05) is 24.3 Å². The molecule has 1 aromatic carbocycles. The highest BCUT2D eigenvalue weighted by molar-refractivity contribution is 5.94. The van der Waals surface area contributed by atoms with E-state index in [2.05, 4.69) is 34.1 Å². The van der Waals surface area contributed by atoms with Crippen molar-refractivity contribution in [1.82, 2.24) is 9.88 Å². The smallest absolute Gasteiger partial charge is 0.255 e. The van der Waals surface area contributed by atoms with Crippen molar-refractivity contribution in [3.05, 3.63) is 59.3 Å². The van der Waals surface area contributed by atoms with Gasteiger partial charge in [0.15, 0.2) is 0 Å². The minimum absolute atomic E-state index is 0.0739. The van der Waals surface area contributed by atoms with Gasteiger partial charge >= 0.3 is 0 Å². The first-order chi connectivity index (χ1) is 12.2. The van der Waals surface area contributed by atoms with Crippen LogP contribution in [-0.2, 0) is 12.8 Å². The Balaban J connectivity index is 1.45. The number of pyridine rings is 1. The van der Waals surface area contributed by atoms with E-state index in [4.69, 9.17) is 0 Å². The number of carbonyl (C=O) groups is 1. The number of amides is 1. The number of aromatic nitrogens is 1. The fourth-order valence-corrected chi connectivity index (χ4v) is 4.02. The van der Waals surface area contributed by atoms with Gasteiger partial charge in [-0.25, -0.2) is 4.98 Å². The Morgan fingerprint density at radius 1 is 1.12 bits per heavy atom. The van der Waals surface area contributed by atoms with Gasteiger partial charge in [0.05, 0.1) is 5.56 Å². The number of fused-ring (bicyclic) bond motifs is 1. The van der Waals surface area contributed by atoms with Gasteiger partial charge in [-0.2, -0.15) is 0 Å². The number of carbonyl (C=O) groups excluding carboxylic acids is 1. The summed E-state index contributed by atoms with van der Waals surface area (Å²) in [5.41, 5.74) is 3.49. The quantitative estimate of drug-likeness (QED) is 0.863. The van der Waals surface area contributed by atoms with Crippen LogP contribution in [0.5, 0.6) is 0 Å². The molecule has 2 aromatic rings. The Labute approximate surface area is 149 Å². The second-order valence-electron chi connectivity index (χ2n) is 7.18. The second-order valence-corrected chi connectivity index (χ2v) is 7.18. The molecule has 0 unspecified atom stereocenters. The van der Waals surface area contributed by atoms with E-state index in [0.29, 0.717) is 5.56 Å². The van der Waals surface area contributed by atoms with Gasteiger partial charge < -0.3 is 9.80 Å². The largest absolute Gasteiger partial charge is 0.357 e. The standard InChI is InChI=1S/C21H25N3O/c1-23(19-10-8-16-6-2-3-7-17(16)14-19)21(25)18-9-11-20(22-15-18)24-12-4-5-13-24/h2-3,6-7,9,11,15,19H,4-5,8,10,12-14H2,1H3/t19-/m1/s1. The number of benzene rings is 1. The maximum atomic E-state index is 12.9. The molecule has 1 saturated heterocycles. The molecular weight excluding hydrogens is 310 g/mol. The fraction of sp³-hybridized carbons (Fsp3) is 0.429. The average Bonchev–Trinajstić information content (AvgIpc) is 3.21. The highest BCUT2D eigenvalue weighted by atomic mass is 16.2. The normalized spacial score (nSPS) is 19.6. The second kappa shape index (κ2) is 6.87. The van der Waals surface area contributed by atoms with E-state index in [-0.39, 0.29) is 11.9 Å². The maximum Gasteiger partial charge on any atom is 0.255 e. The molecule has 4 heteroatoms. The van der Waals surface area contributed by atoms with Crippen LogP contribution in [-0.4, -0.2) is 42.0 Å². The van der Waals surface area contributed by atoms with Crippen LogP contribution in [0.25, 0.3) is 0 Å². The zero-order valence-corrected chi connectivity index (χ0v) is 14.8. The van der Waals surface area contributed by atoms with E-state index >= 15 is 0 Å². The van der Waals surface area contributed by atoms with Crippen LogP contribution in [0.4, 0.5) is 5.82 Å². The van der Waals surface area contributed by atoms with Crippen molar-refractivity contribution in [2.24, 2.45) is 0 Å². The molecule has 1 aliphatic carbocycles. The molecule has 0 radical (unpaired) electrons. The Morgan fingerprint density at radius 2 is 1.88 bits per heavy atom. The van der Waals surface area contributed by atoms with E-state index in [0.717, 1.165) is 38.2 Å². The lowest BCUT2D eigenvalue weighted by Gasteiger charge is -2.32. The highest BCUT2D eigenvalue weighted by Crippen LogP contribution is 2.25. The molecule has 0 spiro atoms. The first-order valence-corrected chi connectivity index (χ1v) is 9.27. The van der Waals surface area contributed by atoms with Gasteiger partial charge in [0.25, 0.3) is 5.91 Å². The molecule has 1 amide bonds. The monoisotopic (exact) mass is 335 g/mol. The molecule has 4 nitrogen and oxygen atoms in total. The molecule has 1 fully saturated rings. The lowest BCUT2D eigenvalue weighted by atomic mass is 9.87. The van der Waals surface area contributed by atoms with Gasteiger partial charge in [0, 0.05) is 32.4 Å². The molecule has 2 aliphatic rings. The van der Waals surface area contributed by atoms with Crippen LogP contribution in [0.1, 0.15) is 40.7 Å². The van der Waals surface area contributed by atoms with E-state index in [1.54, 1.807) is 6.20 Å². The molecule has 2 heterocycles. The molecule has 1 atom stereocenters. The third-order valence-corrected chi connectivity index (χ3v) is 5.61. The van der Waals surface area contributed by atoms with Crippen molar-refractivity contribution >= 4 is 11.7 Å². The lowest BCUT2D eigenvalue weighted by Crippen LogP contribution is -2.40. The number of aryl methyl sites for hydroxylation is 1. The van der Waals surface area contributed by atoms with Gasteiger partial charge in [-0.3, -0.25) is 4.79 Å². The summed E-state index contributed by atoms with van der Waals surface area (Å²) in [6.07, 6.45) is 7.21. The van der Waals surface area contributed by atoms with E-state index in [1.165, 1.54) is 24.0 Å². The van der Waals surface area contributed by atoms with Crippen molar-refractivity contribution in [2.45, 2.75) is 38.1 Å². The third kappa shape index (κ3) is 3.26. The number of rotatable bonds is 3. The number of hydrogen-bond donors (Lipinski definition) is 0. The van der Waals surface area contributed by atoms with Gasteiger partial charge in [-0.15, -0.1) is 0 Å². The van der Waals surface area contributed by atoms with E-state index < -0.39 is 0 Å². The Hall–Kier alpha value is -2.36. The summed E-state index contributed by atoms with van der Waals surface area (Å²) in [5.74, 6) is 1.06. The molecule has 4 rings (SSSR count).